The van der Waals surface area contributed by atoms with Crippen molar-refractivity contribution in [2.24, 2.45) is 5.92 Å². The Morgan fingerprint density at radius 3 is 2.72 bits per heavy atom. The van der Waals surface area contributed by atoms with E-state index in [1.165, 1.54) is 7.11 Å². The van der Waals surface area contributed by atoms with Gasteiger partial charge in [0.2, 0.25) is 0 Å². The lowest BCUT2D eigenvalue weighted by Gasteiger charge is -2.52. The predicted molar refractivity (Wildman–Crippen MR) is 111 cm³/mol. The molecule has 0 spiro atoms. The number of benzene rings is 2. The molecule has 3 atom stereocenters. The number of carbonyl (C=O) groups excluding carboxylic acids is 1. The van der Waals surface area contributed by atoms with Gasteiger partial charge in [-0.25, -0.2) is 0 Å². The van der Waals surface area contributed by atoms with Crippen LogP contribution in [0.2, 0.25) is 0 Å². The van der Waals surface area contributed by atoms with Crippen molar-refractivity contribution in [1.29, 1.82) is 0 Å². The minimum atomic E-state index is -0.753. The van der Waals surface area contributed by atoms with E-state index >= 15 is 0 Å². The summed E-state index contributed by atoms with van der Waals surface area (Å²) in [7, 11) is 1.52. The summed E-state index contributed by atoms with van der Waals surface area (Å²) in [6, 6.07) is 12.7. The summed E-state index contributed by atoms with van der Waals surface area (Å²) in [5, 5.41) is 21.5. The van der Waals surface area contributed by atoms with Gasteiger partial charge < -0.3 is 19.8 Å². The zero-order chi connectivity index (χ0) is 20.6. The molecular weight excluding hydrogens is 366 g/mol. The number of aromatic hydroxyl groups is 1. The van der Waals surface area contributed by atoms with Gasteiger partial charge >= 0.3 is 0 Å². The summed E-state index contributed by atoms with van der Waals surface area (Å²) in [5.41, 5.74) is 1.79. The van der Waals surface area contributed by atoms with E-state index in [2.05, 4.69) is 0 Å². The third-order valence-corrected chi connectivity index (χ3v) is 6.75. The van der Waals surface area contributed by atoms with Crippen molar-refractivity contribution in [2.45, 2.75) is 50.7 Å². The van der Waals surface area contributed by atoms with Gasteiger partial charge in [-0.3, -0.25) is 4.79 Å². The highest BCUT2D eigenvalue weighted by Crippen LogP contribution is 2.50. The SMILES string of the molecule is COc1cc([C@@H]2[C@H]3CCCC[C@@]3(O)CCN2C(=O)c2ccccc2C)ccc1O. The van der Waals surface area contributed by atoms with Crippen molar-refractivity contribution in [3.8, 4) is 11.5 Å². The van der Waals surface area contributed by atoms with Gasteiger partial charge in [0.25, 0.3) is 5.91 Å². The first-order chi connectivity index (χ1) is 13.9. The average Bonchev–Trinajstić information content (AvgIpc) is 2.73. The van der Waals surface area contributed by atoms with Gasteiger partial charge in [0.15, 0.2) is 11.5 Å². The van der Waals surface area contributed by atoms with Crippen molar-refractivity contribution < 1.29 is 19.7 Å². The number of rotatable bonds is 3. The van der Waals surface area contributed by atoms with Gasteiger partial charge in [0.05, 0.1) is 18.8 Å². The Morgan fingerprint density at radius 1 is 1.17 bits per heavy atom. The molecule has 1 heterocycles. The fourth-order valence-electron chi connectivity index (χ4n) is 5.17. The molecule has 0 unspecified atom stereocenters. The Balaban J connectivity index is 1.79. The summed E-state index contributed by atoms with van der Waals surface area (Å²) >= 11 is 0. The third-order valence-electron chi connectivity index (χ3n) is 6.75. The Morgan fingerprint density at radius 2 is 1.97 bits per heavy atom. The number of phenolic OH excluding ortho intramolecular Hbond substituents is 1. The predicted octanol–water partition coefficient (Wildman–Crippen LogP) is 4.22. The average molecular weight is 395 g/mol. The van der Waals surface area contributed by atoms with Crippen LogP contribution in [0.1, 0.15) is 59.6 Å². The zero-order valence-electron chi connectivity index (χ0n) is 17.1. The number of piperidine rings is 1. The maximum atomic E-state index is 13.6. The summed E-state index contributed by atoms with van der Waals surface area (Å²) < 4.78 is 5.32. The molecule has 5 nitrogen and oxygen atoms in total. The van der Waals surface area contributed by atoms with Crippen molar-refractivity contribution >= 4 is 5.91 Å². The molecule has 5 heteroatoms. The van der Waals surface area contributed by atoms with Crippen LogP contribution >= 0.6 is 0 Å². The van der Waals surface area contributed by atoms with Crippen LogP contribution in [0.15, 0.2) is 42.5 Å². The first-order valence-corrected chi connectivity index (χ1v) is 10.4. The summed E-state index contributed by atoms with van der Waals surface area (Å²) in [6.07, 6.45) is 4.31. The Bertz CT molecular complexity index is 912. The van der Waals surface area contributed by atoms with Gasteiger partial charge in [0.1, 0.15) is 0 Å². The molecular formula is C24H29NO4. The van der Waals surface area contributed by atoms with Crippen molar-refractivity contribution in [1.82, 2.24) is 4.90 Å². The lowest BCUT2D eigenvalue weighted by Crippen LogP contribution is -2.56. The standard InChI is InChI=1S/C24H29NO4/c1-16-7-3-4-8-18(16)23(27)25-14-13-24(28)12-6-5-9-19(24)22(25)17-10-11-20(26)21(15-17)29-2/h3-4,7-8,10-11,15,19,22,26,28H,5-6,9,12-14H2,1-2H3/t19-,22-,24-/m1/s1. The number of likely N-dealkylation sites (tertiary alicyclic amines) is 1. The number of hydrogen-bond acceptors (Lipinski definition) is 4. The monoisotopic (exact) mass is 395 g/mol. The number of phenols is 1. The van der Waals surface area contributed by atoms with Gasteiger partial charge in [-0.1, -0.05) is 37.1 Å². The molecule has 4 rings (SSSR count). The third kappa shape index (κ3) is 3.48. The molecule has 154 valence electrons. The molecule has 2 aromatic carbocycles. The number of aliphatic hydroxyl groups is 1. The normalized spacial score (nSPS) is 26.7. The van der Waals surface area contributed by atoms with Crippen LogP contribution in [0.3, 0.4) is 0 Å². The van der Waals surface area contributed by atoms with Crippen LogP contribution in [0.5, 0.6) is 11.5 Å². The molecule has 2 fully saturated rings. The molecule has 2 N–H and O–H groups in total. The highest BCUT2D eigenvalue weighted by atomic mass is 16.5. The van der Waals surface area contributed by atoms with Gasteiger partial charge in [0, 0.05) is 18.0 Å². The number of nitrogens with zero attached hydrogens (tertiary/aromatic N) is 1. The van der Waals surface area contributed by atoms with E-state index in [0.29, 0.717) is 24.3 Å². The molecule has 0 radical (unpaired) electrons. The number of ether oxygens (including phenoxy) is 1. The van der Waals surface area contributed by atoms with Gasteiger partial charge in [-0.05, 0) is 55.5 Å². The smallest absolute Gasteiger partial charge is 0.254 e. The Hall–Kier alpha value is -2.53. The van der Waals surface area contributed by atoms with Crippen LogP contribution in [0, 0.1) is 12.8 Å². The second kappa shape index (κ2) is 7.71. The topological polar surface area (TPSA) is 70.0 Å². The van der Waals surface area contributed by atoms with Crippen LogP contribution in [0.25, 0.3) is 0 Å². The van der Waals surface area contributed by atoms with Crippen LogP contribution in [-0.2, 0) is 0 Å². The van der Waals surface area contributed by atoms with Crippen LogP contribution in [-0.4, -0.2) is 40.3 Å². The molecule has 2 aliphatic rings. The van der Waals surface area contributed by atoms with E-state index in [0.717, 1.165) is 36.8 Å². The van der Waals surface area contributed by atoms with E-state index in [-0.39, 0.29) is 23.6 Å². The first-order valence-electron chi connectivity index (χ1n) is 10.4. The molecule has 1 saturated heterocycles. The van der Waals surface area contributed by atoms with E-state index < -0.39 is 5.60 Å². The number of fused-ring (bicyclic) bond motifs is 1. The van der Waals surface area contributed by atoms with E-state index in [9.17, 15) is 15.0 Å². The second-order valence-corrected chi connectivity index (χ2v) is 8.40. The number of carbonyl (C=O) groups is 1. The summed E-state index contributed by atoms with van der Waals surface area (Å²) in [6.45, 7) is 2.46. The van der Waals surface area contributed by atoms with Gasteiger partial charge in [-0.15, -0.1) is 0 Å². The molecule has 1 aliphatic heterocycles. The lowest BCUT2D eigenvalue weighted by atomic mass is 9.66. The Kier molecular flexibility index (Phi) is 5.26. The first kappa shape index (κ1) is 19.8. The lowest BCUT2D eigenvalue weighted by molar-refractivity contribution is -0.115. The molecule has 1 saturated carbocycles. The molecule has 1 aliphatic carbocycles. The minimum Gasteiger partial charge on any atom is -0.504 e. The molecule has 0 aromatic heterocycles. The largest absolute Gasteiger partial charge is 0.504 e. The van der Waals surface area contributed by atoms with Crippen molar-refractivity contribution in [2.75, 3.05) is 13.7 Å². The number of methoxy groups -OCH3 is 1. The fraction of sp³-hybridized carbons (Fsp3) is 0.458. The van der Waals surface area contributed by atoms with Crippen LogP contribution in [0.4, 0.5) is 0 Å². The highest BCUT2D eigenvalue weighted by Gasteiger charge is 2.50. The maximum Gasteiger partial charge on any atom is 0.254 e. The van der Waals surface area contributed by atoms with Gasteiger partial charge in [-0.2, -0.15) is 0 Å². The molecule has 29 heavy (non-hydrogen) atoms. The maximum absolute atomic E-state index is 13.6. The number of aryl methyl sites for hydroxylation is 1. The van der Waals surface area contributed by atoms with E-state index in [4.69, 9.17) is 4.74 Å². The van der Waals surface area contributed by atoms with E-state index in [1.807, 2.05) is 42.2 Å². The Labute approximate surface area is 171 Å². The minimum absolute atomic E-state index is 0.00670. The summed E-state index contributed by atoms with van der Waals surface area (Å²) in [5.74, 6) is 0.415. The highest BCUT2D eigenvalue weighted by molar-refractivity contribution is 5.96. The second-order valence-electron chi connectivity index (χ2n) is 8.40. The number of amides is 1. The van der Waals surface area contributed by atoms with Crippen LogP contribution < -0.4 is 4.74 Å². The number of hydrogen-bond donors (Lipinski definition) is 2. The van der Waals surface area contributed by atoms with E-state index in [1.54, 1.807) is 12.1 Å². The summed E-state index contributed by atoms with van der Waals surface area (Å²) in [4.78, 5) is 15.5. The van der Waals surface area contributed by atoms with Crippen molar-refractivity contribution in [3.63, 3.8) is 0 Å². The molecule has 2 aromatic rings. The fourth-order valence-corrected chi connectivity index (χ4v) is 5.17. The molecule has 1 amide bonds. The molecule has 0 bridgehead atoms. The van der Waals surface area contributed by atoms with Crippen molar-refractivity contribution in [3.05, 3.63) is 59.2 Å². The zero-order valence-corrected chi connectivity index (χ0v) is 17.1. The quantitative estimate of drug-likeness (QED) is 0.816.